The Bertz CT molecular complexity index is 1130. The Morgan fingerprint density at radius 3 is 3.03 bits per heavy atom. The Morgan fingerprint density at radius 1 is 1.31 bits per heavy atom. The summed E-state index contributed by atoms with van der Waals surface area (Å²) in [5.41, 5.74) is 5.33. The van der Waals surface area contributed by atoms with Crippen LogP contribution in [0.15, 0.2) is 36.7 Å². The number of fused-ring (bicyclic) bond motifs is 2. The van der Waals surface area contributed by atoms with Gasteiger partial charge < -0.3 is 9.88 Å². The van der Waals surface area contributed by atoms with Crippen molar-refractivity contribution >= 4 is 22.4 Å². The lowest BCUT2D eigenvalue weighted by Gasteiger charge is -2.32. The maximum absolute atomic E-state index is 13.4. The number of halogens is 1. The molecule has 2 aliphatic rings. The molecule has 3 heterocycles. The van der Waals surface area contributed by atoms with Crippen molar-refractivity contribution in [1.82, 2.24) is 19.9 Å². The average molecular weight is 390 g/mol. The highest BCUT2D eigenvalue weighted by molar-refractivity contribution is 5.93. The standard InChI is InChI=1S/C23H23FN4O/c1-14-25-12-17-10-16(2-5-21(17)27-14)23(29)28-8-6-15(7-9-28)20-13-26-22-11-18(24)3-4-19(20)22/h3-4,6,11-13,16,26H,2,5,7-10H2,1H3. The van der Waals surface area contributed by atoms with E-state index < -0.39 is 0 Å². The van der Waals surface area contributed by atoms with Gasteiger partial charge in [-0.3, -0.25) is 4.79 Å². The summed E-state index contributed by atoms with van der Waals surface area (Å²) in [6.45, 7) is 3.24. The van der Waals surface area contributed by atoms with Gasteiger partial charge in [-0.15, -0.1) is 0 Å². The van der Waals surface area contributed by atoms with Gasteiger partial charge in [-0.25, -0.2) is 14.4 Å². The third-order valence-corrected chi connectivity index (χ3v) is 6.13. The SMILES string of the molecule is Cc1ncc2c(n1)CCC(C(=O)N1CC=C(c3c[nH]c4cc(F)ccc34)CC1)C2. The first-order valence-corrected chi connectivity index (χ1v) is 10.1. The largest absolute Gasteiger partial charge is 0.360 e. The summed E-state index contributed by atoms with van der Waals surface area (Å²) in [5, 5.41) is 1.02. The van der Waals surface area contributed by atoms with E-state index in [9.17, 15) is 9.18 Å². The maximum Gasteiger partial charge on any atom is 0.226 e. The van der Waals surface area contributed by atoms with Crippen LogP contribution in [0, 0.1) is 18.7 Å². The van der Waals surface area contributed by atoms with Crippen LogP contribution in [-0.4, -0.2) is 38.8 Å². The molecule has 0 spiro atoms. The quantitative estimate of drug-likeness (QED) is 0.723. The van der Waals surface area contributed by atoms with Crippen molar-refractivity contribution in [2.24, 2.45) is 5.92 Å². The molecular weight excluding hydrogens is 367 g/mol. The fourth-order valence-electron chi connectivity index (χ4n) is 4.55. The molecule has 1 atom stereocenters. The first kappa shape index (κ1) is 18.0. The van der Waals surface area contributed by atoms with Crippen LogP contribution in [0.25, 0.3) is 16.5 Å². The second-order valence-electron chi connectivity index (χ2n) is 7.98. The van der Waals surface area contributed by atoms with Crippen LogP contribution in [0.4, 0.5) is 4.39 Å². The van der Waals surface area contributed by atoms with Crippen molar-refractivity contribution in [3.8, 4) is 0 Å². The minimum atomic E-state index is -0.241. The Balaban J connectivity index is 1.30. The number of rotatable bonds is 2. The number of carbonyl (C=O) groups excluding carboxylic acids is 1. The third-order valence-electron chi connectivity index (χ3n) is 6.13. The van der Waals surface area contributed by atoms with E-state index in [0.717, 1.165) is 59.2 Å². The van der Waals surface area contributed by atoms with Gasteiger partial charge in [0.2, 0.25) is 5.91 Å². The third kappa shape index (κ3) is 3.33. The normalized spacial score (nSPS) is 19.2. The van der Waals surface area contributed by atoms with Gasteiger partial charge in [0, 0.05) is 53.6 Å². The number of hydrogen-bond acceptors (Lipinski definition) is 3. The van der Waals surface area contributed by atoms with Gasteiger partial charge >= 0.3 is 0 Å². The highest BCUT2D eigenvalue weighted by atomic mass is 19.1. The highest BCUT2D eigenvalue weighted by Crippen LogP contribution is 2.31. The van der Waals surface area contributed by atoms with Gasteiger partial charge in [0.15, 0.2) is 0 Å². The predicted octanol–water partition coefficient (Wildman–Crippen LogP) is 3.83. The summed E-state index contributed by atoms with van der Waals surface area (Å²) < 4.78 is 13.4. The molecule has 3 aromatic rings. The molecule has 1 amide bonds. The van der Waals surface area contributed by atoms with E-state index in [-0.39, 0.29) is 17.6 Å². The molecule has 1 aromatic carbocycles. The second-order valence-corrected chi connectivity index (χ2v) is 7.98. The van der Waals surface area contributed by atoms with Crippen LogP contribution in [0.1, 0.15) is 35.5 Å². The molecule has 1 unspecified atom stereocenters. The van der Waals surface area contributed by atoms with Crippen molar-refractivity contribution in [2.45, 2.75) is 32.6 Å². The van der Waals surface area contributed by atoms with E-state index in [2.05, 4.69) is 21.0 Å². The first-order valence-electron chi connectivity index (χ1n) is 10.1. The maximum atomic E-state index is 13.4. The molecule has 1 aliphatic carbocycles. The summed E-state index contributed by atoms with van der Waals surface area (Å²) >= 11 is 0. The summed E-state index contributed by atoms with van der Waals surface area (Å²) in [6, 6.07) is 4.83. The van der Waals surface area contributed by atoms with E-state index in [1.807, 2.05) is 30.3 Å². The minimum absolute atomic E-state index is 0.0137. The topological polar surface area (TPSA) is 61.9 Å². The predicted molar refractivity (Wildman–Crippen MR) is 110 cm³/mol. The van der Waals surface area contributed by atoms with Crippen molar-refractivity contribution in [3.05, 3.63) is 65.1 Å². The lowest BCUT2D eigenvalue weighted by Crippen LogP contribution is -2.40. The molecule has 29 heavy (non-hydrogen) atoms. The number of carbonyl (C=O) groups is 1. The van der Waals surface area contributed by atoms with Gasteiger partial charge in [-0.05, 0) is 61.9 Å². The van der Waals surface area contributed by atoms with Crippen molar-refractivity contribution < 1.29 is 9.18 Å². The Morgan fingerprint density at radius 2 is 2.21 bits per heavy atom. The van der Waals surface area contributed by atoms with Gasteiger partial charge in [0.1, 0.15) is 11.6 Å². The summed E-state index contributed by atoms with van der Waals surface area (Å²) in [6.07, 6.45) is 9.19. The number of aryl methyl sites for hydroxylation is 2. The van der Waals surface area contributed by atoms with Crippen molar-refractivity contribution in [2.75, 3.05) is 13.1 Å². The summed E-state index contributed by atoms with van der Waals surface area (Å²) in [7, 11) is 0. The molecule has 5 rings (SSSR count). The molecular formula is C23H23FN4O. The molecule has 5 nitrogen and oxygen atoms in total. The average Bonchev–Trinajstić information content (AvgIpc) is 3.16. The minimum Gasteiger partial charge on any atom is -0.360 e. The van der Waals surface area contributed by atoms with E-state index in [0.29, 0.717) is 13.1 Å². The summed E-state index contributed by atoms with van der Waals surface area (Å²) in [4.78, 5) is 27.0. The highest BCUT2D eigenvalue weighted by Gasteiger charge is 2.30. The zero-order chi connectivity index (χ0) is 20.0. The van der Waals surface area contributed by atoms with Crippen LogP contribution in [-0.2, 0) is 17.6 Å². The number of hydrogen-bond donors (Lipinski definition) is 1. The molecule has 2 aromatic heterocycles. The van der Waals surface area contributed by atoms with E-state index in [4.69, 9.17) is 0 Å². The number of nitrogens with zero attached hydrogens (tertiary/aromatic N) is 3. The fraction of sp³-hybridized carbons (Fsp3) is 0.348. The van der Waals surface area contributed by atoms with Gasteiger partial charge in [-0.1, -0.05) is 6.08 Å². The molecule has 0 saturated carbocycles. The molecule has 0 bridgehead atoms. The van der Waals surface area contributed by atoms with Gasteiger partial charge in [-0.2, -0.15) is 0 Å². The number of H-pyrrole nitrogens is 1. The molecule has 0 fully saturated rings. The molecule has 6 heteroatoms. The van der Waals surface area contributed by atoms with Crippen molar-refractivity contribution in [1.29, 1.82) is 0 Å². The fourth-order valence-corrected chi connectivity index (χ4v) is 4.55. The Labute approximate surface area is 168 Å². The number of amides is 1. The van der Waals surface area contributed by atoms with Gasteiger partial charge in [0.25, 0.3) is 0 Å². The first-order chi connectivity index (χ1) is 14.1. The van der Waals surface area contributed by atoms with Crippen molar-refractivity contribution in [3.63, 3.8) is 0 Å². The monoisotopic (exact) mass is 390 g/mol. The van der Waals surface area contributed by atoms with E-state index in [1.165, 1.54) is 17.7 Å². The van der Waals surface area contributed by atoms with E-state index in [1.54, 1.807) is 0 Å². The van der Waals surface area contributed by atoms with Gasteiger partial charge in [0.05, 0.1) is 0 Å². The Hall–Kier alpha value is -3.02. The zero-order valence-electron chi connectivity index (χ0n) is 16.4. The van der Waals surface area contributed by atoms with Crippen LogP contribution in [0.5, 0.6) is 0 Å². The number of benzene rings is 1. The van der Waals surface area contributed by atoms with Crippen LogP contribution >= 0.6 is 0 Å². The summed E-state index contributed by atoms with van der Waals surface area (Å²) in [5.74, 6) is 0.796. The van der Waals surface area contributed by atoms with Crippen LogP contribution < -0.4 is 0 Å². The Kier molecular flexibility index (Phi) is 4.42. The lowest BCUT2D eigenvalue weighted by atomic mass is 9.86. The molecule has 1 aliphatic heterocycles. The molecule has 148 valence electrons. The lowest BCUT2D eigenvalue weighted by molar-refractivity contribution is -0.135. The van der Waals surface area contributed by atoms with Crippen LogP contribution in [0.2, 0.25) is 0 Å². The molecule has 1 N–H and O–H groups in total. The zero-order valence-corrected chi connectivity index (χ0v) is 16.4. The second kappa shape index (κ2) is 7.10. The number of aromatic amines is 1. The smallest absolute Gasteiger partial charge is 0.226 e. The van der Waals surface area contributed by atoms with Crippen LogP contribution in [0.3, 0.4) is 0 Å². The number of nitrogens with one attached hydrogen (secondary N) is 1. The molecule has 0 saturated heterocycles. The number of aromatic nitrogens is 3. The molecule has 0 radical (unpaired) electrons. The van der Waals surface area contributed by atoms with E-state index >= 15 is 0 Å².